The first-order chi connectivity index (χ1) is 8.94. The summed E-state index contributed by atoms with van der Waals surface area (Å²) in [5, 5.41) is 3.35. The molecule has 0 saturated heterocycles. The minimum absolute atomic E-state index is 0.203. The monoisotopic (exact) mass is 343 g/mol. The maximum Gasteiger partial charge on any atom is 0.135 e. The Morgan fingerprint density at radius 2 is 1.95 bits per heavy atom. The van der Waals surface area contributed by atoms with E-state index in [9.17, 15) is 4.39 Å². The fraction of sp³-hybridized carbons (Fsp3) is 0.231. The molecule has 0 aliphatic rings. The lowest BCUT2D eigenvalue weighted by molar-refractivity contribution is 0.628. The molecule has 0 saturated carbocycles. The van der Waals surface area contributed by atoms with Crippen LogP contribution < -0.4 is 5.32 Å². The fourth-order valence-corrected chi connectivity index (χ4v) is 2.15. The van der Waals surface area contributed by atoms with Crippen LogP contribution in [-0.2, 0) is 0 Å². The quantitative estimate of drug-likeness (QED) is 0.805. The van der Waals surface area contributed by atoms with Crippen LogP contribution in [0.3, 0.4) is 0 Å². The summed E-state index contributed by atoms with van der Waals surface area (Å²) in [7, 11) is 0. The van der Waals surface area contributed by atoms with Crippen LogP contribution in [0.2, 0.25) is 5.02 Å². The van der Waals surface area contributed by atoms with E-state index in [1.807, 2.05) is 13.8 Å². The van der Waals surface area contributed by atoms with E-state index < -0.39 is 5.82 Å². The van der Waals surface area contributed by atoms with Crippen LogP contribution in [0.5, 0.6) is 0 Å². The van der Waals surface area contributed by atoms with Crippen LogP contribution in [0.15, 0.2) is 28.9 Å². The number of benzene rings is 1. The number of anilines is 2. The Hall–Kier alpha value is -1.20. The first-order valence-electron chi connectivity index (χ1n) is 5.71. The molecule has 100 valence electrons. The van der Waals surface area contributed by atoms with Gasteiger partial charge >= 0.3 is 0 Å². The maximum atomic E-state index is 13.3. The molecule has 0 bridgehead atoms. The van der Waals surface area contributed by atoms with Gasteiger partial charge in [-0.1, -0.05) is 25.4 Å². The fourth-order valence-electron chi connectivity index (χ4n) is 1.53. The van der Waals surface area contributed by atoms with Gasteiger partial charge in [-0.2, -0.15) is 0 Å². The smallest absolute Gasteiger partial charge is 0.135 e. The van der Waals surface area contributed by atoms with Crippen molar-refractivity contribution in [3.05, 3.63) is 45.5 Å². The van der Waals surface area contributed by atoms with Crippen molar-refractivity contribution in [2.45, 2.75) is 19.8 Å². The molecule has 0 atom stereocenters. The van der Waals surface area contributed by atoms with Gasteiger partial charge in [-0.05, 0) is 34.1 Å². The van der Waals surface area contributed by atoms with Crippen molar-refractivity contribution in [2.24, 2.45) is 0 Å². The molecule has 1 heterocycles. The Balaban J connectivity index is 2.32. The first kappa shape index (κ1) is 14.2. The molecule has 19 heavy (non-hydrogen) atoms. The zero-order chi connectivity index (χ0) is 14.0. The largest absolute Gasteiger partial charge is 0.340 e. The minimum Gasteiger partial charge on any atom is -0.340 e. The number of nitrogens with one attached hydrogen (secondary N) is 1. The minimum atomic E-state index is -0.396. The highest BCUT2D eigenvalue weighted by Gasteiger charge is 2.08. The summed E-state index contributed by atoms with van der Waals surface area (Å²) in [4.78, 5) is 8.65. The molecule has 1 aromatic heterocycles. The summed E-state index contributed by atoms with van der Waals surface area (Å²) in [6.45, 7) is 4.01. The van der Waals surface area contributed by atoms with Crippen molar-refractivity contribution in [1.29, 1.82) is 0 Å². The van der Waals surface area contributed by atoms with Crippen molar-refractivity contribution in [3.63, 3.8) is 0 Å². The third kappa shape index (κ3) is 3.88. The summed E-state index contributed by atoms with van der Waals surface area (Å²) in [6, 6.07) is 5.97. The van der Waals surface area contributed by atoms with Crippen LogP contribution in [0.1, 0.15) is 25.6 Å². The average molecular weight is 345 g/mol. The van der Waals surface area contributed by atoms with E-state index in [1.165, 1.54) is 12.1 Å². The molecule has 0 aliphatic carbocycles. The molecule has 0 spiro atoms. The Morgan fingerprint density at radius 1 is 1.21 bits per heavy atom. The maximum absolute atomic E-state index is 13.3. The van der Waals surface area contributed by atoms with Crippen molar-refractivity contribution in [1.82, 2.24) is 9.97 Å². The Labute approximate surface area is 124 Å². The summed E-state index contributed by atoms with van der Waals surface area (Å²) in [5.41, 5.74) is 0.547. The number of halogens is 3. The SMILES string of the molecule is CC(C)c1nc(Br)cc(Nc2cc(F)cc(Cl)c2)n1. The number of nitrogens with zero attached hydrogens (tertiary/aromatic N) is 2. The third-order valence-electron chi connectivity index (χ3n) is 2.36. The lowest BCUT2D eigenvalue weighted by atomic mass is 10.2. The molecular formula is C13H12BrClFN3. The van der Waals surface area contributed by atoms with E-state index in [1.54, 1.807) is 12.1 Å². The van der Waals surface area contributed by atoms with E-state index in [-0.39, 0.29) is 5.92 Å². The van der Waals surface area contributed by atoms with Gasteiger partial charge in [0.25, 0.3) is 0 Å². The van der Waals surface area contributed by atoms with Gasteiger partial charge < -0.3 is 5.32 Å². The van der Waals surface area contributed by atoms with E-state index in [4.69, 9.17) is 11.6 Å². The molecule has 2 rings (SSSR count). The van der Waals surface area contributed by atoms with E-state index in [0.29, 0.717) is 27.0 Å². The van der Waals surface area contributed by atoms with Gasteiger partial charge in [0.1, 0.15) is 22.1 Å². The highest BCUT2D eigenvalue weighted by Crippen LogP contribution is 2.23. The van der Waals surface area contributed by atoms with Crippen molar-refractivity contribution >= 4 is 39.0 Å². The van der Waals surface area contributed by atoms with Gasteiger partial charge in [0, 0.05) is 22.7 Å². The number of hydrogen-bond donors (Lipinski definition) is 1. The van der Waals surface area contributed by atoms with E-state index in [0.717, 1.165) is 0 Å². The van der Waals surface area contributed by atoms with Crippen LogP contribution in [0.25, 0.3) is 0 Å². The Bertz CT molecular complexity index is 584. The number of hydrogen-bond acceptors (Lipinski definition) is 3. The van der Waals surface area contributed by atoms with Gasteiger partial charge in [-0.25, -0.2) is 14.4 Å². The van der Waals surface area contributed by atoms with Gasteiger partial charge in [0.15, 0.2) is 0 Å². The molecule has 1 aromatic carbocycles. The molecule has 0 amide bonds. The number of aromatic nitrogens is 2. The van der Waals surface area contributed by atoms with Crippen molar-refractivity contribution in [3.8, 4) is 0 Å². The van der Waals surface area contributed by atoms with Crippen LogP contribution >= 0.6 is 27.5 Å². The highest BCUT2D eigenvalue weighted by atomic mass is 79.9. The van der Waals surface area contributed by atoms with E-state index >= 15 is 0 Å². The second-order valence-electron chi connectivity index (χ2n) is 4.37. The predicted molar refractivity (Wildman–Crippen MR) is 78.5 cm³/mol. The zero-order valence-corrected chi connectivity index (χ0v) is 12.8. The Kier molecular flexibility index (Phi) is 4.37. The molecule has 6 heteroatoms. The lowest BCUT2D eigenvalue weighted by Gasteiger charge is -2.10. The second kappa shape index (κ2) is 5.84. The van der Waals surface area contributed by atoms with Gasteiger partial charge in [-0.3, -0.25) is 0 Å². The van der Waals surface area contributed by atoms with Crippen molar-refractivity contribution < 1.29 is 4.39 Å². The highest BCUT2D eigenvalue weighted by molar-refractivity contribution is 9.10. The molecular weight excluding hydrogens is 333 g/mol. The van der Waals surface area contributed by atoms with Crippen LogP contribution in [-0.4, -0.2) is 9.97 Å². The topological polar surface area (TPSA) is 37.8 Å². The summed E-state index contributed by atoms with van der Waals surface area (Å²) in [6.07, 6.45) is 0. The third-order valence-corrected chi connectivity index (χ3v) is 2.99. The van der Waals surface area contributed by atoms with E-state index in [2.05, 4.69) is 31.2 Å². The molecule has 3 nitrogen and oxygen atoms in total. The lowest BCUT2D eigenvalue weighted by Crippen LogP contribution is -2.02. The average Bonchev–Trinajstić information content (AvgIpc) is 2.26. The summed E-state index contributed by atoms with van der Waals surface area (Å²) in [5.74, 6) is 1.10. The van der Waals surface area contributed by atoms with Gasteiger partial charge in [0.2, 0.25) is 0 Å². The molecule has 2 aromatic rings. The molecule has 0 aliphatic heterocycles. The summed E-state index contributed by atoms with van der Waals surface area (Å²) >= 11 is 9.14. The normalized spacial score (nSPS) is 10.8. The Morgan fingerprint density at radius 3 is 2.58 bits per heavy atom. The molecule has 0 unspecified atom stereocenters. The first-order valence-corrected chi connectivity index (χ1v) is 6.89. The van der Waals surface area contributed by atoms with Gasteiger partial charge in [-0.15, -0.1) is 0 Å². The standard InChI is InChI=1S/C13H12BrClFN3/c1-7(2)13-18-11(14)6-12(19-13)17-10-4-8(15)3-9(16)5-10/h3-7H,1-2H3,(H,17,18,19). The van der Waals surface area contributed by atoms with Gasteiger partial charge in [0.05, 0.1) is 0 Å². The predicted octanol–water partition coefficient (Wildman–Crippen LogP) is 4.90. The molecule has 0 radical (unpaired) electrons. The zero-order valence-electron chi connectivity index (χ0n) is 10.4. The van der Waals surface area contributed by atoms with Crippen LogP contribution in [0, 0.1) is 5.82 Å². The van der Waals surface area contributed by atoms with Crippen molar-refractivity contribution in [2.75, 3.05) is 5.32 Å². The van der Waals surface area contributed by atoms with Crippen LogP contribution in [0.4, 0.5) is 15.9 Å². The number of rotatable bonds is 3. The second-order valence-corrected chi connectivity index (χ2v) is 5.62. The molecule has 0 fully saturated rings. The summed E-state index contributed by atoms with van der Waals surface area (Å²) < 4.78 is 13.9. The molecule has 1 N–H and O–H groups in total.